The highest BCUT2D eigenvalue weighted by Gasteiger charge is 2.24. The van der Waals surface area contributed by atoms with Crippen LogP contribution in [0, 0.1) is 0 Å². The molecule has 0 bridgehead atoms. The van der Waals surface area contributed by atoms with Gasteiger partial charge in [0.1, 0.15) is 0 Å². The molecule has 0 aromatic rings. The van der Waals surface area contributed by atoms with Gasteiger partial charge in [-0.15, -0.1) is 0 Å². The zero-order valence-corrected chi connectivity index (χ0v) is 12.9. The summed E-state index contributed by atoms with van der Waals surface area (Å²) in [6.07, 6.45) is 0. The van der Waals surface area contributed by atoms with Crippen molar-refractivity contribution in [2.45, 2.75) is 33.3 Å². The highest BCUT2D eigenvalue weighted by molar-refractivity contribution is 5.78. The number of carbonyl (C=O) groups excluding carboxylic acids is 1. The van der Waals surface area contributed by atoms with Crippen molar-refractivity contribution in [2.24, 2.45) is 0 Å². The van der Waals surface area contributed by atoms with Crippen LogP contribution in [-0.2, 0) is 4.79 Å². The van der Waals surface area contributed by atoms with Gasteiger partial charge in [-0.3, -0.25) is 14.6 Å². The number of hydrogen-bond acceptors (Lipinski definition) is 4. The van der Waals surface area contributed by atoms with Gasteiger partial charge < -0.3 is 10.0 Å². The minimum Gasteiger partial charge on any atom is -0.389 e. The Morgan fingerprint density at radius 1 is 1.11 bits per heavy atom. The highest BCUT2D eigenvalue weighted by Crippen LogP contribution is 2.08. The molecule has 112 valence electrons. The molecule has 1 saturated heterocycles. The van der Waals surface area contributed by atoms with E-state index in [1.54, 1.807) is 0 Å². The third kappa shape index (κ3) is 5.89. The van der Waals surface area contributed by atoms with E-state index in [1.165, 1.54) is 0 Å². The van der Waals surface area contributed by atoms with Crippen molar-refractivity contribution >= 4 is 5.91 Å². The van der Waals surface area contributed by atoms with E-state index in [0.717, 1.165) is 39.3 Å². The van der Waals surface area contributed by atoms with Crippen molar-refractivity contribution in [3.8, 4) is 0 Å². The van der Waals surface area contributed by atoms with Crippen molar-refractivity contribution in [2.75, 3.05) is 52.4 Å². The molecule has 0 saturated carbocycles. The predicted octanol–water partition coefficient (Wildman–Crippen LogP) is 0.243. The smallest absolute Gasteiger partial charge is 0.236 e. The summed E-state index contributed by atoms with van der Waals surface area (Å²) in [5, 5.41) is 9.80. The van der Waals surface area contributed by atoms with Crippen LogP contribution in [0.25, 0.3) is 0 Å². The summed E-state index contributed by atoms with van der Waals surface area (Å²) in [5.74, 6) is 0.223. The quantitative estimate of drug-likeness (QED) is 0.752. The Morgan fingerprint density at radius 3 is 2.00 bits per heavy atom. The fourth-order valence-electron chi connectivity index (χ4n) is 2.52. The zero-order chi connectivity index (χ0) is 14.5. The number of amides is 1. The van der Waals surface area contributed by atoms with Crippen molar-refractivity contribution in [3.63, 3.8) is 0 Å². The summed E-state index contributed by atoms with van der Waals surface area (Å²) >= 11 is 0. The summed E-state index contributed by atoms with van der Waals surface area (Å²) in [6, 6.07) is 0. The van der Waals surface area contributed by atoms with Gasteiger partial charge in [0.2, 0.25) is 5.91 Å². The first kappa shape index (κ1) is 16.4. The molecule has 0 atom stereocenters. The lowest BCUT2D eigenvalue weighted by molar-refractivity contribution is -0.132. The van der Waals surface area contributed by atoms with Crippen LogP contribution in [-0.4, -0.2) is 83.7 Å². The van der Waals surface area contributed by atoms with Gasteiger partial charge in [0.15, 0.2) is 0 Å². The van der Waals surface area contributed by atoms with Crippen LogP contribution < -0.4 is 0 Å². The molecule has 0 unspecified atom stereocenters. The van der Waals surface area contributed by atoms with E-state index < -0.39 is 5.60 Å². The maximum atomic E-state index is 12.0. The Hall–Kier alpha value is -0.650. The molecule has 1 aliphatic heterocycles. The van der Waals surface area contributed by atoms with E-state index in [1.807, 2.05) is 32.6 Å². The normalized spacial score (nSPS) is 18.6. The van der Waals surface area contributed by atoms with Crippen LogP contribution in [0.4, 0.5) is 0 Å². The van der Waals surface area contributed by atoms with Crippen LogP contribution in [0.1, 0.15) is 27.7 Å². The average molecular weight is 271 g/mol. The van der Waals surface area contributed by atoms with Crippen LogP contribution in [0.15, 0.2) is 0 Å². The number of β-amino-alcohol motifs (C(OH)–C–C–N with tert-alkyl or cyclic N) is 1. The lowest BCUT2D eigenvalue weighted by Gasteiger charge is -2.37. The van der Waals surface area contributed by atoms with Crippen LogP contribution >= 0.6 is 0 Å². The molecule has 1 N–H and O–H groups in total. The standard InChI is InChI=1S/C14H29N3O2/c1-5-17(6-2)13(18)11-15-7-9-16(10-8-15)12-14(3,4)19/h19H,5-12H2,1-4H3. The SMILES string of the molecule is CCN(CC)C(=O)CN1CCN(CC(C)(C)O)CC1. The first-order valence-electron chi connectivity index (χ1n) is 7.30. The number of aliphatic hydroxyl groups is 1. The molecule has 1 rings (SSSR count). The van der Waals surface area contributed by atoms with E-state index >= 15 is 0 Å². The number of rotatable bonds is 6. The Morgan fingerprint density at radius 2 is 1.58 bits per heavy atom. The van der Waals surface area contributed by atoms with Gasteiger partial charge in [-0.1, -0.05) is 0 Å². The minimum absolute atomic E-state index is 0.223. The molecule has 1 heterocycles. The number of hydrogen-bond donors (Lipinski definition) is 1. The van der Waals surface area contributed by atoms with Crippen LogP contribution in [0.2, 0.25) is 0 Å². The lowest BCUT2D eigenvalue weighted by Crippen LogP contribution is -2.52. The molecular weight excluding hydrogens is 242 g/mol. The molecule has 19 heavy (non-hydrogen) atoms. The Kier molecular flexibility index (Phi) is 6.23. The molecule has 5 heteroatoms. The van der Waals surface area contributed by atoms with Gasteiger partial charge in [-0.25, -0.2) is 0 Å². The summed E-state index contributed by atoms with van der Waals surface area (Å²) in [5.41, 5.74) is -0.640. The molecular formula is C14H29N3O2. The number of likely N-dealkylation sites (N-methyl/N-ethyl adjacent to an activating group) is 1. The van der Waals surface area contributed by atoms with Crippen molar-refractivity contribution in [1.29, 1.82) is 0 Å². The maximum absolute atomic E-state index is 12.0. The van der Waals surface area contributed by atoms with E-state index in [-0.39, 0.29) is 5.91 Å². The molecule has 0 aromatic carbocycles. The van der Waals surface area contributed by atoms with Gasteiger partial charge in [0.25, 0.3) is 0 Å². The maximum Gasteiger partial charge on any atom is 0.236 e. The first-order chi connectivity index (χ1) is 8.85. The second kappa shape index (κ2) is 7.22. The van der Waals surface area contributed by atoms with Gasteiger partial charge in [0.05, 0.1) is 12.1 Å². The monoisotopic (exact) mass is 271 g/mol. The van der Waals surface area contributed by atoms with Crippen molar-refractivity contribution in [3.05, 3.63) is 0 Å². The minimum atomic E-state index is -0.640. The summed E-state index contributed by atoms with van der Waals surface area (Å²) in [4.78, 5) is 18.4. The van der Waals surface area contributed by atoms with E-state index in [4.69, 9.17) is 0 Å². The number of nitrogens with zero attached hydrogens (tertiary/aromatic N) is 3. The predicted molar refractivity (Wildman–Crippen MR) is 77.1 cm³/mol. The molecule has 1 aliphatic rings. The van der Waals surface area contributed by atoms with Gasteiger partial charge in [-0.05, 0) is 27.7 Å². The lowest BCUT2D eigenvalue weighted by atomic mass is 10.1. The summed E-state index contributed by atoms with van der Waals surface area (Å²) in [6.45, 7) is 14.2. The largest absolute Gasteiger partial charge is 0.389 e. The topological polar surface area (TPSA) is 47.0 Å². The van der Waals surface area contributed by atoms with Gasteiger partial charge in [0, 0.05) is 45.8 Å². The third-order valence-electron chi connectivity index (χ3n) is 3.55. The second-order valence-corrected chi connectivity index (χ2v) is 5.93. The summed E-state index contributed by atoms with van der Waals surface area (Å²) in [7, 11) is 0. The van der Waals surface area contributed by atoms with E-state index in [0.29, 0.717) is 13.1 Å². The van der Waals surface area contributed by atoms with Gasteiger partial charge in [-0.2, -0.15) is 0 Å². The Labute approximate surface area is 117 Å². The second-order valence-electron chi connectivity index (χ2n) is 5.93. The number of carbonyl (C=O) groups is 1. The van der Waals surface area contributed by atoms with Crippen molar-refractivity contribution in [1.82, 2.24) is 14.7 Å². The Balaban J connectivity index is 2.32. The molecule has 5 nitrogen and oxygen atoms in total. The third-order valence-corrected chi connectivity index (χ3v) is 3.55. The molecule has 0 aromatic heterocycles. The van der Waals surface area contributed by atoms with Gasteiger partial charge >= 0.3 is 0 Å². The molecule has 0 aliphatic carbocycles. The molecule has 0 radical (unpaired) electrons. The first-order valence-corrected chi connectivity index (χ1v) is 7.30. The van der Waals surface area contributed by atoms with E-state index in [9.17, 15) is 9.90 Å². The van der Waals surface area contributed by atoms with Crippen molar-refractivity contribution < 1.29 is 9.90 Å². The fourth-order valence-corrected chi connectivity index (χ4v) is 2.52. The Bertz CT molecular complexity index is 277. The average Bonchev–Trinajstić information content (AvgIpc) is 2.31. The molecule has 1 amide bonds. The zero-order valence-electron chi connectivity index (χ0n) is 12.9. The molecule has 1 fully saturated rings. The molecule has 0 spiro atoms. The highest BCUT2D eigenvalue weighted by atomic mass is 16.3. The fraction of sp³-hybridized carbons (Fsp3) is 0.929. The van der Waals surface area contributed by atoms with Crippen LogP contribution in [0.3, 0.4) is 0 Å². The number of piperazine rings is 1. The van der Waals surface area contributed by atoms with Crippen LogP contribution in [0.5, 0.6) is 0 Å². The summed E-state index contributed by atoms with van der Waals surface area (Å²) < 4.78 is 0. The van der Waals surface area contributed by atoms with E-state index in [2.05, 4.69) is 9.80 Å².